The minimum absolute atomic E-state index is 0.135. The van der Waals surface area contributed by atoms with Gasteiger partial charge >= 0.3 is 12.2 Å². The lowest BCUT2D eigenvalue weighted by Crippen LogP contribution is -2.34. The molecule has 7 heteroatoms. The fourth-order valence-corrected chi connectivity index (χ4v) is 1.58. The number of nitrogens with one attached hydrogen (secondary N) is 1. The van der Waals surface area contributed by atoms with E-state index in [0.717, 1.165) is 6.07 Å². The fourth-order valence-electron chi connectivity index (χ4n) is 1.58. The first-order valence-electron chi connectivity index (χ1n) is 5.83. The number of benzene rings is 1. The standard InChI is InChI=1S/C13H14F3N3O/c1-9(7-17)8-19(2)12(20)18-11-6-4-3-5-10(11)13(14,15)16/h3-6,9H,8H2,1-2H3,(H,18,20). The lowest BCUT2D eigenvalue weighted by Gasteiger charge is -2.20. The van der Waals surface area contributed by atoms with Gasteiger partial charge in [-0.3, -0.25) is 0 Å². The summed E-state index contributed by atoms with van der Waals surface area (Å²) in [4.78, 5) is 12.9. The van der Waals surface area contributed by atoms with Crippen molar-refractivity contribution < 1.29 is 18.0 Å². The second kappa shape index (κ2) is 6.28. The molecule has 20 heavy (non-hydrogen) atoms. The molecule has 0 aromatic heterocycles. The SMILES string of the molecule is CC(C#N)CN(C)C(=O)Nc1ccccc1C(F)(F)F. The van der Waals surface area contributed by atoms with E-state index in [1.165, 1.54) is 30.1 Å². The number of hydrogen-bond acceptors (Lipinski definition) is 2. The molecule has 1 aromatic rings. The molecule has 0 aliphatic carbocycles. The Kier molecular flexibility index (Phi) is 4.97. The molecule has 0 fully saturated rings. The zero-order valence-electron chi connectivity index (χ0n) is 11.0. The smallest absolute Gasteiger partial charge is 0.326 e. The third-order valence-corrected chi connectivity index (χ3v) is 2.59. The van der Waals surface area contributed by atoms with Crippen LogP contribution in [0, 0.1) is 17.2 Å². The summed E-state index contributed by atoms with van der Waals surface area (Å²) in [6, 6.07) is 5.99. The van der Waals surface area contributed by atoms with Gasteiger partial charge in [-0.2, -0.15) is 18.4 Å². The van der Waals surface area contributed by atoms with Gasteiger partial charge in [-0.25, -0.2) is 4.79 Å². The molecule has 0 saturated heterocycles. The molecular weight excluding hydrogens is 271 g/mol. The molecule has 0 spiro atoms. The summed E-state index contributed by atoms with van der Waals surface area (Å²) >= 11 is 0. The number of rotatable bonds is 3. The van der Waals surface area contributed by atoms with Crippen LogP contribution in [0.5, 0.6) is 0 Å². The first-order chi connectivity index (χ1) is 9.25. The topological polar surface area (TPSA) is 56.1 Å². The van der Waals surface area contributed by atoms with E-state index in [1.54, 1.807) is 6.92 Å². The van der Waals surface area contributed by atoms with E-state index in [-0.39, 0.29) is 12.2 Å². The number of anilines is 1. The van der Waals surface area contributed by atoms with Crippen molar-refractivity contribution in [3.63, 3.8) is 0 Å². The number of hydrogen-bond donors (Lipinski definition) is 1. The number of urea groups is 1. The normalized spacial score (nSPS) is 12.4. The van der Waals surface area contributed by atoms with E-state index in [2.05, 4.69) is 5.32 Å². The number of halogens is 3. The monoisotopic (exact) mass is 285 g/mol. The highest BCUT2D eigenvalue weighted by molar-refractivity contribution is 5.90. The van der Waals surface area contributed by atoms with Crippen LogP contribution >= 0.6 is 0 Å². The quantitative estimate of drug-likeness (QED) is 0.926. The van der Waals surface area contributed by atoms with Gasteiger partial charge in [0.25, 0.3) is 0 Å². The Bertz CT molecular complexity index is 522. The highest BCUT2D eigenvalue weighted by Gasteiger charge is 2.33. The maximum absolute atomic E-state index is 12.8. The molecule has 0 aliphatic heterocycles. The summed E-state index contributed by atoms with van der Waals surface area (Å²) in [7, 11) is 1.42. The van der Waals surface area contributed by atoms with Gasteiger partial charge < -0.3 is 10.2 Å². The Labute approximate surface area is 114 Å². The van der Waals surface area contributed by atoms with E-state index in [9.17, 15) is 18.0 Å². The molecule has 108 valence electrons. The minimum Gasteiger partial charge on any atom is -0.326 e. The van der Waals surface area contributed by atoms with E-state index >= 15 is 0 Å². The van der Waals surface area contributed by atoms with Crippen molar-refractivity contribution in [2.45, 2.75) is 13.1 Å². The van der Waals surface area contributed by atoms with Crippen LogP contribution in [0.4, 0.5) is 23.7 Å². The summed E-state index contributed by atoms with van der Waals surface area (Å²) < 4.78 is 38.3. The average Bonchev–Trinajstić information content (AvgIpc) is 2.37. The molecule has 0 radical (unpaired) electrons. The molecule has 1 unspecified atom stereocenters. The predicted octanol–water partition coefficient (Wildman–Crippen LogP) is 3.33. The summed E-state index contributed by atoms with van der Waals surface area (Å²) in [6.07, 6.45) is -4.54. The van der Waals surface area contributed by atoms with Crippen molar-refractivity contribution in [2.75, 3.05) is 18.9 Å². The number of alkyl halides is 3. The van der Waals surface area contributed by atoms with Crippen molar-refractivity contribution >= 4 is 11.7 Å². The third-order valence-electron chi connectivity index (χ3n) is 2.59. The molecule has 0 saturated carbocycles. The maximum Gasteiger partial charge on any atom is 0.418 e. The molecule has 1 aromatic carbocycles. The minimum atomic E-state index is -4.54. The van der Waals surface area contributed by atoms with Crippen LogP contribution in [0.2, 0.25) is 0 Å². The van der Waals surface area contributed by atoms with E-state index < -0.39 is 23.7 Å². The van der Waals surface area contributed by atoms with Crippen molar-refractivity contribution in [3.8, 4) is 6.07 Å². The second-order valence-corrected chi connectivity index (χ2v) is 4.38. The molecule has 1 rings (SSSR count). The molecule has 0 aliphatic rings. The lowest BCUT2D eigenvalue weighted by atomic mass is 10.1. The van der Waals surface area contributed by atoms with Crippen LogP contribution in [-0.2, 0) is 6.18 Å². The molecule has 0 bridgehead atoms. The van der Waals surface area contributed by atoms with Gasteiger partial charge in [0, 0.05) is 13.6 Å². The van der Waals surface area contributed by atoms with Crippen LogP contribution in [0.1, 0.15) is 12.5 Å². The van der Waals surface area contributed by atoms with Gasteiger partial charge in [-0.05, 0) is 19.1 Å². The van der Waals surface area contributed by atoms with Gasteiger partial charge in [0.2, 0.25) is 0 Å². The molecule has 0 heterocycles. The number of nitrogens with zero attached hydrogens (tertiary/aromatic N) is 2. The van der Waals surface area contributed by atoms with Gasteiger partial charge in [0.05, 0.1) is 23.2 Å². The van der Waals surface area contributed by atoms with Crippen molar-refractivity contribution in [1.82, 2.24) is 4.90 Å². The van der Waals surface area contributed by atoms with Crippen molar-refractivity contribution in [2.24, 2.45) is 5.92 Å². The molecule has 2 amide bonds. The lowest BCUT2D eigenvalue weighted by molar-refractivity contribution is -0.136. The van der Waals surface area contributed by atoms with Gasteiger partial charge in [-0.15, -0.1) is 0 Å². The van der Waals surface area contributed by atoms with Crippen LogP contribution in [-0.4, -0.2) is 24.5 Å². The first-order valence-corrected chi connectivity index (χ1v) is 5.83. The Morgan fingerprint density at radius 1 is 1.45 bits per heavy atom. The Morgan fingerprint density at radius 3 is 2.60 bits per heavy atom. The summed E-state index contributed by atoms with van der Waals surface area (Å²) in [5.41, 5.74) is -1.21. The highest BCUT2D eigenvalue weighted by atomic mass is 19.4. The summed E-state index contributed by atoms with van der Waals surface area (Å²) in [5.74, 6) is -0.399. The number of nitriles is 1. The van der Waals surface area contributed by atoms with Crippen molar-refractivity contribution in [3.05, 3.63) is 29.8 Å². The largest absolute Gasteiger partial charge is 0.418 e. The molecular formula is C13H14F3N3O. The van der Waals surface area contributed by atoms with Gasteiger partial charge in [-0.1, -0.05) is 12.1 Å². The summed E-state index contributed by atoms with van der Waals surface area (Å²) in [6.45, 7) is 1.75. The Hall–Kier alpha value is -2.23. The highest BCUT2D eigenvalue weighted by Crippen LogP contribution is 2.34. The Morgan fingerprint density at radius 2 is 2.05 bits per heavy atom. The van der Waals surface area contributed by atoms with E-state index in [1.807, 2.05) is 6.07 Å². The molecule has 1 N–H and O–H groups in total. The second-order valence-electron chi connectivity index (χ2n) is 4.38. The fraction of sp³-hybridized carbons (Fsp3) is 0.385. The molecule has 4 nitrogen and oxygen atoms in total. The zero-order chi connectivity index (χ0) is 15.3. The predicted molar refractivity (Wildman–Crippen MR) is 67.9 cm³/mol. The molecule has 1 atom stereocenters. The van der Waals surface area contributed by atoms with Crippen molar-refractivity contribution in [1.29, 1.82) is 5.26 Å². The number of amides is 2. The van der Waals surface area contributed by atoms with Crippen LogP contribution in [0.25, 0.3) is 0 Å². The van der Waals surface area contributed by atoms with Crippen LogP contribution in [0.15, 0.2) is 24.3 Å². The maximum atomic E-state index is 12.8. The van der Waals surface area contributed by atoms with E-state index in [0.29, 0.717) is 0 Å². The van der Waals surface area contributed by atoms with E-state index in [4.69, 9.17) is 5.26 Å². The van der Waals surface area contributed by atoms with Gasteiger partial charge in [0.15, 0.2) is 0 Å². The summed E-state index contributed by atoms with van der Waals surface area (Å²) in [5, 5.41) is 10.9. The van der Waals surface area contributed by atoms with Gasteiger partial charge in [0.1, 0.15) is 0 Å². The zero-order valence-corrected chi connectivity index (χ0v) is 11.0. The number of carbonyl (C=O) groups excluding carboxylic acids is 1. The third kappa shape index (κ3) is 4.16. The van der Waals surface area contributed by atoms with Crippen LogP contribution in [0.3, 0.4) is 0 Å². The average molecular weight is 285 g/mol. The number of carbonyl (C=O) groups is 1. The first kappa shape index (κ1) is 15.8. The Balaban J connectivity index is 2.84. The van der Waals surface area contributed by atoms with Crippen LogP contribution < -0.4 is 5.32 Å². The number of para-hydroxylation sites is 1.